The van der Waals surface area contributed by atoms with E-state index in [0.717, 1.165) is 24.3 Å². The summed E-state index contributed by atoms with van der Waals surface area (Å²) in [5, 5.41) is 24.4. The van der Waals surface area contributed by atoms with Gasteiger partial charge in [-0.15, -0.1) is 10.2 Å². The first-order valence-corrected chi connectivity index (χ1v) is 7.89. The maximum absolute atomic E-state index is 11.6. The number of nitrogens with one attached hydrogen (secondary N) is 2. The average molecular weight is 300 g/mol. The number of unbranched alkanes of at least 4 members (excludes halogenated alkanes) is 1. The van der Waals surface area contributed by atoms with Gasteiger partial charge in [-0.2, -0.15) is 0 Å². The largest absolute Gasteiger partial charge is 0.393 e. The summed E-state index contributed by atoms with van der Waals surface area (Å²) < 4.78 is 0. The fourth-order valence-corrected chi connectivity index (χ4v) is 2.32. The molecule has 0 aromatic carbocycles. The normalized spacial score (nSPS) is 12.4. The van der Waals surface area contributed by atoms with E-state index in [0.29, 0.717) is 18.1 Å². The zero-order chi connectivity index (χ0) is 15.0. The van der Waals surface area contributed by atoms with Crippen LogP contribution in [-0.4, -0.2) is 34.0 Å². The van der Waals surface area contributed by atoms with Crippen LogP contribution < -0.4 is 10.6 Å². The molecule has 0 aliphatic heterocycles. The number of urea groups is 1. The molecule has 0 saturated heterocycles. The molecule has 1 atom stereocenters. The number of aromatic nitrogens is 2. The summed E-state index contributed by atoms with van der Waals surface area (Å²) >= 11 is 1.40. The predicted molar refractivity (Wildman–Crippen MR) is 81.0 cm³/mol. The third-order valence-corrected chi connectivity index (χ3v) is 3.83. The van der Waals surface area contributed by atoms with Gasteiger partial charge in [0.25, 0.3) is 0 Å². The number of hydrogen-bond acceptors (Lipinski definition) is 5. The van der Waals surface area contributed by atoms with Crippen molar-refractivity contribution in [2.24, 2.45) is 5.92 Å². The van der Waals surface area contributed by atoms with Crippen LogP contribution in [0, 0.1) is 5.92 Å². The molecule has 1 aromatic rings. The van der Waals surface area contributed by atoms with Crippen LogP contribution in [0.1, 0.15) is 45.0 Å². The summed E-state index contributed by atoms with van der Waals surface area (Å²) in [6, 6.07) is -0.306. The lowest BCUT2D eigenvalue weighted by atomic mass is 10.0. The summed E-state index contributed by atoms with van der Waals surface area (Å²) in [5.74, 6) is 0.198. The molecule has 2 amide bonds. The molecule has 1 rings (SSSR count). The van der Waals surface area contributed by atoms with Crippen molar-refractivity contribution >= 4 is 22.5 Å². The zero-order valence-corrected chi connectivity index (χ0v) is 13.2. The van der Waals surface area contributed by atoms with Crippen LogP contribution in [0.3, 0.4) is 0 Å². The molecule has 6 nitrogen and oxygen atoms in total. The highest BCUT2D eigenvalue weighted by Crippen LogP contribution is 2.16. The first kappa shape index (κ1) is 16.8. The monoisotopic (exact) mass is 300 g/mol. The van der Waals surface area contributed by atoms with Crippen molar-refractivity contribution in [3.05, 3.63) is 5.01 Å². The van der Waals surface area contributed by atoms with Gasteiger partial charge < -0.3 is 10.4 Å². The van der Waals surface area contributed by atoms with Crippen LogP contribution in [0.15, 0.2) is 0 Å². The number of aliphatic hydroxyl groups is 1. The third-order valence-electron chi connectivity index (χ3n) is 2.93. The number of aliphatic hydroxyl groups excluding tert-OH is 1. The molecule has 7 heteroatoms. The van der Waals surface area contributed by atoms with Gasteiger partial charge in [-0.25, -0.2) is 4.79 Å². The van der Waals surface area contributed by atoms with E-state index >= 15 is 0 Å². The summed E-state index contributed by atoms with van der Waals surface area (Å²) in [5.41, 5.74) is 0. The number of rotatable bonds is 8. The van der Waals surface area contributed by atoms with E-state index in [4.69, 9.17) is 0 Å². The van der Waals surface area contributed by atoms with E-state index in [-0.39, 0.29) is 11.9 Å². The van der Waals surface area contributed by atoms with Gasteiger partial charge in [0.15, 0.2) is 0 Å². The highest BCUT2D eigenvalue weighted by molar-refractivity contribution is 7.15. The molecular weight excluding hydrogens is 276 g/mol. The summed E-state index contributed by atoms with van der Waals surface area (Å²) in [4.78, 5) is 11.6. The molecule has 0 saturated carbocycles. The van der Waals surface area contributed by atoms with Crippen molar-refractivity contribution in [2.75, 3.05) is 11.9 Å². The SMILES string of the molecule is CCCCc1nnc(NC(=O)NCCC(O)C(C)C)s1. The highest BCUT2D eigenvalue weighted by atomic mass is 32.1. The lowest BCUT2D eigenvalue weighted by Gasteiger charge is -2.14. The Morgan fingerprint density at radius 2 is 2.15 bits per heavy atom. The molecule has 114 valence electrons. The molecule has 3 N–H and O–H groups in total. The van der Waals surface area contributed by atoms with Gasteiger partial charge in [0, 0.05) is 13.0 Å². The summed E-state index contributed by atoms with van der Waals surface area (Å²) in [7, 11) is 0. The lowest BCUT2D eigenvalue weighted by Crippen LogP contribution is -2.32. The number of carbonyl (C=O) groups excluding carboxylic acids is 1. The van der Waals surface area contributed by atoms with Crippen LogP contribution in [-0.2, 0) is 6.42 Å². The predicted octanol–water partition coefficient (Wildman–Crippen LogP) is 2.41. The number of nitrogens with zero attached hydrogens (tertiary/aromatic N) is 2. The van der Waals surface area contributed by atoms with Gasteiger partial charge in [-0.1, -0.05) is 38.5 Å². The van der Waals surface area contributed by atoms with Crippen LogP contribution in [0.2, 0.25) is 0 Å². The van der Waals surface area contributed by atoms with Gasteiger partial charge in [0.1, 0.15) is 5.01 Å². The highest BCUT2D eigenvalue weighted by Gasteiger charge is 2.10. The Labute approximate surface area is 124 Å². The third kappa shape index (κ3) is 6.29. The maximum Gasteiger partial charge on any atom is 0.321 e. The second kappa shape index (κ2) is 8.86. The molecular formula is C13H24N4O2S. The van der Waals surface area contributed by atoms with E-state index in [1.54, 1.807) is 0 Å². The van der Waals surface area contributed by atoms with Gasteiger partial charge in [-0.3, -0.25) is 5.32 Å². The van der Waals surface area contributed by atoms with Crippen LogP contribution in [0.25, 0.3) is 0 Å². The fraction of sp³-hybridized carbons (Fsp3) is 0.769. The smallest absolute Gasteiger partial charge is 0.321 e. The van der Waals surface area contributed by atoms with Crippen LogP contribution in [0.5, 0.6) is 0 Å². The summed E-state index contributed by atoms with van der Waals surface area (Å²) in [6.45, 7) is 6.46. The van der Waals surface area contributed by atoms with Crippen molar-refractivity contribution in [1.82, 2.24) is 15.5 Å². The van der Waals surface area contributed by atoms with Crippen molar-refractivity contribution in [3.8, 4) is 0 Å². The van der Waals surface area contributed by atoms with E-state index in [2.05, 4.69) is 27.8 Å². The topological polar surface area (TPSA) is 87.1 Å². The van der Waals surface area contributed by atoms with Gasteiger partial charge >= 0.3 is 6.03 Å². The van der Waals surface area contributed by atoms with Crippen molar-refractivity contribution < 1.29 is 9.90 Å². The zero-order valence-electron chi connectivity index (χ0n) is 12.3. The average Bonchev–Trinajstić information content (AvgIpc) is 2.83. The molecule has 1 unspecified atom stereocenters. The minimum absolute atomic E-state index is 0.198. The Hall–Kier alpha value is -1.21. The van der Waals surface area contributed by atoms with Crippen molar-refractivity contribution in [1.29, 1.82) is 0 Å². The van der Waals surface area contributed by atoms with Crippen LogP contribution in [0.4, 0.5) is 9.93 Å². The quantitative estimate of drug-likeness (QED) is 0.688. The molecule has 0 radical (unpaired) electrons. The van der Waals surface area contributed by atoms with Gasteiger partial charge in [-0.05, 0) is 18.8 Å². The van der Waals surface area contributed by atoms with Crippen molar-refractivity contribution in [3.63, 3.8) is 0 Å². The van der Waals surface area contributed by atoms with E-state index in [1.165, 1.54) is 11.3 Å². The molecule has 0 bridgehead atoms. The number of anilines is 1. The molecule has 1 heterocycles. The Morgan fingerprint density at radius 1 is 1.40 bits per heavy atom. The molecule has 0 aliphatic carbocycles. The second-order valence-electron chi connectivity index (χ2n) is 5.09. The van der Waals surface area contributed by atoms with Crippen molar-refractivity contribution in [2.45, 2.75) is 52.6 Å². The minimum Gasteiger partial charge on any atom is -0.393 e. The minimum atomic E-state index is -0.391. The Bertz CT molecular complexity index is 409. The Kier molecular flexibility index (Phi) is 7.46. The lowest BCUT2D eigenvalue weighted by molar-refractivity contribution is 0.117. The number of amides is 2. The van der Waals surface area contributed by atoms with E-state index in [9.17, 15) is 9.90 Å². The first-order chi connectivity index (χ1) is 9.52. The van der Waals surface area contributed by atoms with E-state index < -0.39 is 6.10 Å². The maximum atomic E-state index is 11.6. The fourth-order valence-electron chi connectivity index (χ4n) is 1.54. The number of hydrogen-bond donors (Lipinski definition) is 3. The first-order valence-electron chi connectivity index (χ1n) is 7.08. The van der Waals surface area contributed by atoms with Crippen LogP contribution >= 0.6 is 11.3 Å². The summed E-state index contributed by atoms with van der Waals surface area (Å²) in [6.07, 6.45) is 3.24. The van der Waals surface area contributed by atoms with E-state index in [1.807, 2.05) is 13.8 Å². The molecule has 0 spiro atoms. The standard InChI is InChI=1S/C13H24N4O2S/c1-4-5-6-11-16-17-13(20-11)15-12(19)14-8-7-10(18)9(2)3/h9-10,18H,4-8H2,1-3H3,(H2,14,15,17,19). The molecule has 1 aromatic heterocycles. The molecule has 0 aliphatic rings. The number of aryl methyl sites for hydroxylation is 1. The molecule has 0 fully saturated rings. The number of carbonyl (C=O) groups is 1. The van der Waals surface area contributed by atoms with Gasteiger partial charge in [0.2, 0.25) is 5.13 Å². The Balaban J connectivity index is 2.26. The molecule has 20 heavy (non-hydrogen) atoms. The van der Waals surface area contributed by atoms with Gasteiger partial charge in [0.05, 0.1) is 6.10 Å². The second-order valence-corrected chi connectivity index (χ2v) is 6.15. The Morgan fingerprint density at radius 3 is 2.80 bits per heavy atom.